The summed E-state index contributed by atoms with van der Waals surface area (Å²) >= 11 is 0. The molecular formula is C24H26Cl2F2N6O3. The molecule has 0 saturated carbocycles. The van der Waals surface area contributed by atoms with Crippen LogP contribution in [-0.2, 0) is 23.6 Å². The highest BCUT2D eigenvalue weighted by Crippen LogP contribution is 2.41. The largest absolute Gasteiger partial charge is 0.480 e. The van der Waals surface area contributed by atoms with Gasteiger partial charge in [0.2, 0.25) is 0 Å². The van der Waals surface area contributed by atoms with E-state index in [-0.39, 0.29) is 73.1 Å². The third-order valence-corrected chi connectivity index (χ3v) is 6.98. The number of aromatic nitrogens is 3. The van der Waals surface area contributed by atoms with Crippen molar-refractivity contribution in [2.45, 2.75) is 37.6 Å². The molecule has 3 aliphatic heterocycles. The smallest absolute Gasteiger partial charge is 0.263 e. The molecule has 1 unspecified atom stereocenters. The Morgan fingerprint density at radius 1 is 1.16 bits per heavy atom. The summed E-state index contributed by atoms with van der Waals surface area (Å²) in [7, 11) is 0. The van der Waals surface area contributed by atoms with Crippen molar-refractivity contribution in [3.63, 3.8) is 0 Å². The van der Waals surface area contributed by atoms with Gasteiger partial charge in [0.25, 0.3) is 11.5 Å². The number of anilines is 1. The zero-order valence-electron chi connectivity index (χ0n) is 19.7. The van der Waals surface area contributed by atoms with Crippen molar-refractivity contribution in [1.82, 2.24) is 24.8 Å². The molecule has 0 aliphatic carbocycles. The Hall–Kier alpha value is -2.86. The Labute approximate surface area is 223 Å². The standard InChI is InChI=1S/C24H24F2N6O3.2ClH/c25-16-10-28-17-2-4-20(34)32-13-24(26,21(16)22(17)32)12-31-7-5-14(6-8-31)27-9-15-1-3-18-23(29-15)30-19(33)11-35-18;;/h1-4,10,14,27H,5-9,11-13H2,(H,29,30,33);2*1H. The molecule has 6 rings (SSSR count). The van der Waals surface area contributed by atoms with E-state index in [0.29, 0.717) is 36.7 Å². The second-order valence-electron chi connectivity index (χ2n) is 9.36. The minimum absolute atomic E-state index is 0. The Balaban J connectivity index is 0.00000160. The Morgan fingerprint density at radius 3 is 2.73 bits per heavy atom. The summed E-state index contributed by atoms with van der Waals surface area (Å²) in [5.74, 6) is 0.0436. The van der Waals surface area contributed by atoms with Gasteiger partial charge in [0.1, 0.15) is 5.82 Å². The van der Waals surface area contributed by atoms with Crippen molar-refractivity contribution in [3.05, 3.63) is 57.9 Å². The van der Waals surface area contributed by atoms with Gasteiger partial charge in [-0.25, -0.2) is 13.8 Å². The number of rotatable bonds is 5. The zero-order chi connectivity index (χ0) is 24.2. The normalized spacial score (nSPS) is 21.0. The molecule has 3 aromatic rings. The molecule has 1 fully saturated rings. The van der Waals surface area contributed by atoms with Crippen LogP contribution in [0.2, 0.25) is 0 Å². The third-order valence-electron chi connectivity index (χ3n) is 6.98. The molecule has 3 aliphatic rings. The van der Waals surface area contributed by atoms with Gasteiger partial charge in [-0.1, -0.05) is 0 Å². The molecule has 37 heavy (non-hydrogen) atoms. The van der Waals surface area contributed by atoms with Crippen LogP contribution in [0.15, 0.2) is 35.3 Å². The third kappa shape index (κ3) is 5.00. The first-order chi connectivity index (χ1) is 16.9. The van der Waals surface area contributed by atoms with E-state index in [2.05, 4.69) is 20.6 Å². The van der Waals surface area contributed by atoms with Crippen LogP contribution in [0.3, 0.4) is 0 Å². The van der Waals surface area contributed by atoms with Gasteiger partial charge in [-0.15, -0.1) is 24.8 Å². The lowest BCUT2D eigenvalue weighted by Crippen LogP contribution is -2.47. The number of nitrogens with zero attached hydrogens (tertiary/aromatic N) is 4. The van der Waals surface area contributed by atoms with Gasteiger partial charge in [0, 0.05) is 25.2 Å². The topological polar surface area (TPSA) is 101 Å². The first-order valence-corrected chi connectivity index (χ1v) is 11.7. The van der Waals surface area contributed by atoms with Crippen LogP contribution in [0, 0.1) is 5.82 Å². The molecule has 6 heterocycles. The Morgan fingerprint density at radius 2 is 1.95 bits per heavy atom. The van der Waals surface area contributed by atoms with Crippen LogP contribution in [-0.4, -0.2) is 57.6 Å². The predicted molar refractivity (Wildman–Crippen MR) is 138 cm³/mol. The molecule has 3 aromatic heterocycles. The summed E-state index contributed by atoms with van der Waals surface area (Å²) in [6, 6.07) is 6.73. The number of alkyl halides is 1. The van der Waals surface area contributed by atoms with Crippen LogP contribution in [0.5, 0.6) is 5.75 Å². The first kappa shape index (κ1) is 27.2. The summed E-state index contributed by atoms with van der Waals surface area (Å²) in [4.78, 5) is 34.3. The second kappa shape index (κ2) is 10.5. The predicted octanol–water partition coefficient (Wildman–Crippen LogP) is 2.54. The number of carbonyl (C=O) groups excluding carboxylic acids is 1. The maximum absolute atomic E-state index is 16.2. The molecule has 2 N–H and O–H groups in total. The lowest BCUT2D eigenvalue weighted by Gasteiger charge is -2.36. The minimum Gasteiger partial charge on any atom is -0.480 e. The first-order valence-electron chi connectivity index (χ1n) is 11.7. The van der Waals surface area contributed by atoms with Crippen LogP contribution in [0.1, 0.15) is 24.1 Å². The monoisotopic (exact) mass is 554 g/mol. The number of carbonyl (C=O) groups is 1. The van der Waals surface area contributed by atoms with E-state index in [1.807, 2.05) is 11.0 Å². The molecular weight excluding hydrogens is 529 g/mol. The molecule has 0 bridgehead atoms. The number of halogens is 4. The lowest BCUT2D eigenvalue weighted by atomic mass is 9.95. The lowest BCUT2D eigenvalue weighted by molar-refractivity contribution is -0.118. The Bertz CT molecular complexity index is 1400. The summed E-state index contributed by atoms with van der Waals surface area (Å²) in [6.07, 6.45) is 2.62. The number of nitrogens with one attached hydrogen (secondary N) is 2. The number of hydrogen-bond donors (Lipinski definition) is 2. The van der Waals surface area contributed by atoms with Crippen LogP contribution < -0.4 is 20.9 Å². The fraction of sp³-hybridized carbons (Fsp3) is 0.417. The number of piperidine rings is 1. The fourth-order valence-electron chi connectivity index (χ4n) is 5.28. The molecule has 1 amide bonds. The van der Waals surface area contributed by atoms with E-state index < -0.39 is 11.5 Å². The van der Waals surface area contributed by atoms with Gasteiger partial charge < -0.3 is 19.9 Å². The van der Waals surface area contributed by atoms with Gasteiger partial charge in [-0.05, 0) is 44.1 Å². The second-order valence-corrected chi connectivity index (χ2v) is 9.36. The maximum atomic E-state index is 16.2. The van der Waals surface area contributed by atoms with Crippen molar-refractivity contribution in [2.24, 2.45) is 0 Å². The molecule has 13 heteroatoms. The zero-order valence-corrected chi connectivity index (χ0v) is 21.3. The summed E-state index contributed by atoms with van der Waals surface area (Å²) < 4.78 is 37.5. The number of amides is 1. The number of likely N-dealkylation sites (tertiary alicyclic amines) is 1. The van der Waals surface area contributed by atoms with Gasteiger partial charge in [-0.3, -0.25) is 19.5 Å². The fourth-order valence-corrected chi connectivity index (χ4v) is 5.28. The number of ether oxygens (including phenoxy) is 1. The summed E-state index contributed by atoms with van der Waals surface area (Å²) in [5, 5.41) is 6.18. The van der Waals surface area contributed by atoms with Crippen molar-refractivity contribution in [3.8, 4) is 5.75 Å². The number of hydrogen-bond acceptors (Lipinski definition) is 7. The molecule has 1 saturated heterocycles. The average molecular weight is 555 g/mol. The molecule has 1 atom stereocenters. The van der Waals surface area contributed by atoms with E-state index in [1.165, 1.54) is 16.7 Å². The van der Waals surface area contributed by atoms with E-state index in [9.17, 15) is 14.0 Å². The number of pyridine rings is 3. The SMILES string of the molecule is Cl.Cl.O=C1COc2ccc(CNC3CCN(CC4(F)Cn5c(=O)ccc6ncc(F)c4c65)CC3)nc2N1. The molecule has 9 nitrogen and oxygen atoms in total. The number of fused-ring (bicyclic) bond motifs is 1. The van der Waals surface area contributed by atoms with Crippen molar-refractivity contribution < 1.29 is 18.3 Å². The van der Waals surface area contributed by atoms with Crippen LogP contribution >= 0.6 is 24.8 Å². The summed E-state index contributed by atoms with van der Waals surface area (Å²) in [5.41, 5.74) is -0.934. The summed E-state index contributed by atoms with van der Waals surface area (Å²) in [6.45, 7) is 1.62. The van der Waals surface area contributed by atoms with Gasteiger partial charge in [0.05, 0.1) is 35.0 Å². The highest BCUT2D eigenvalue weighted by molar-refractivity contribution is 5.94. The van der Waals surface area contributed by atoms with Crippen molar-refractivity contribution >= 4 is 47.6 Å². The van der Waals surface area contributed by atoms with Gasteiger partial charge >= 0.3 is 0 Å². The van der Waals surface area contributed by atoms with Crippen molar-refractivity contribution in [2.75, 3.05) is 31.6 Å². The van der Waals surface area contributed by atoms with E-state index in [4.69, 9.17) is 4.74 Å². The van der Waals surface area contributed by atoms with Crippen molar-refractivity contribution in [1.29, 1.82) is 0 Å². The van der Waals surface area contributed by atoms with Crippen LogP contribution in [0.4, 0.5) is 14.6 Å². The maximum Gasteiger partial charge on any atom is 0.263 e. The average Bonchev–Trinajstić information content (AvgIpc) is 3.17. The van der Waals surface area contributed by atoms with E-state index in [1.54, 1.807) is 6.07 Å². The van der Waals surface area contributed by atoms with E-state index >= 15 is 4.39 Å². The van der Waals surface area contributed by atoms with Gasteiger partial charge in [-0.2, -0.15) is 0 Å². The Kier molecular flexibility index (Phi) is 7.70. The molecule has 198 valence electrons. The molecule has 0 spiro atoms. The molecule has 0 aromatic carbocycles. The highest BCUT2D eigenvalue weighted by atomic mass is 35.5. The van der Waals surface area contributed by atoms with Gasteiger partial charge in [0.15, 0.2) is 23.8 Å². The van der Waals surface area contributed by atoms with Crippen LogP contribution in [0.25, 0.3) is 11.0 Å². The highest BCUT2D eigenvalue weighted by Gasteiger charge is 2.45. The quantitative estimate of drug-likeness (QED) is 0.499. The molecule has 0 radical (unpaired) electrons. The minimum atomic E-state index is -1.99. The van der Waals surface area contributed by atoms with E-state index in [0.717, 1.165) is 24.7 Å².